The quantitative estimate of drug-likeness (QED) is 0.127. The number of pyridine rings is 2. The Hall–Kier alpha value is -5.23. The van der Waals surface area contributed by atoms with Gasteiger partial charge in [-0.05, 0) is 72.5 Å². The molecule has 2 saturated heterocycles. The van der Waals surface area contributed by atoms with Crippen molar-refractivity contribution in [1.29, 1.82) is 0 Å². The molecule has 2 aliphatic rings. The van der Waals surface area contributed by atoms with Gasteiger partial charge in [-0.1, -0.05) is 24.3 Å². The van der Waals surface area contributed by atoms with Crippen LogP contribution in [-0.4, -0.2) is 118 Å². The van der Waals surface area contributed by atoms with E-state index in [9.17, 15) is 13.2 Å². The van der Waals surface area contributed by atoms with Crippen molar-refractivity contribution in [3.05, 3.63) is 108 Å². The molecule has 17 heteroatoms. The Morgan fingerprint density at radius 2 is 1.05 bits per heavy atom. The Morgan fingerprint density at radius 1 is 0.586 bits per heavy atom. The van der Waals surface area contributed by atoms with E-state index < -0.39 is 11.9 Å². The molecule has 2 aromatic carbocycles. The lowest BCUT2D eigenvalue weighted by molar-refractivity contribution is -0.141. The molecule has 0 spiro atoms. The smallest absolute Gasteiger partial charge is 0.433 e. The first-order valence-electron chi connectivity index (χ1n) is 19.1. The summed E-state index contributed by atoms with van der Waals surface area (Å²) < 4.78 is 57.3. The average Bonchev–Trinajstić information content (AvgIpc) is 3.98. The SMILES string of the molecule is COc1ccc(CCN2CCN(c3nc(-c4ccc(C(F)(F)F)nc4)ns3)CC2)cc1.COc1ccc(CCN2CCN(c3nc(-c4ccncc4)ns3)CC2)cc1. The number of nitrogens with zero attached hydrogens (tertiary/aromatic N) is 10. The van der Waals surface area contributed by atoms with Gasteiger partial charge in [0.1, 0.15) is 17.2 Å². The number of ether oxygens (including phenoxy) is 2. The highest BCUT2D eigenvalue weighted by molar-refractivity contribution is 7.10. The maximum Gasteiger partial charge on any atom is 0.433 e. The molecule has 6 heterocycles. The molecule has 0 saturated carbocycles. The second-order valence-corrected chi connectivity index (χ2v) is 15.3. The zero-order valence-corrected chi connectivity index (χ0v) is 34.0. The van der Waals surface area contributed by atoms with Crippen molar-refractivity contribution in [1.82, 2.24) is 38.5 Å². The minimum absolute atomic E-state index is 0.406. The van der Waals surface area contributed by atoms with Crippen LogP contribution in [0.2, 0.25) is 0 Å². The molecule has 0 atom stereocenters. The Kier molecular flexibility index (Phi) is 13.8. The van der Waals surface area contributed by atoms with E-state index in [1.165, 1.54) is 46.5 Å². The van der Waals surface area contributed by atoms with Gasteiger partial charge in [0.2, 0.25) is 10.3 Å². The summed E-state index contributed by atoms with van der Waals surface area (Å²) >= 11 is 2.74. The lowest BCUT2D eigenvalue weighted by atomic mass is 10.1. The van der Waals surface area contributed by atoms with Crippen molar-refractivity contribution in [3.8, 4) is 34.3 Å². The Balaban J connectivity index is 0.000000178. The summed E-state index contributed by atoms with van der Waals surface area (Å²) in [6.07, 6.45) is 2.32. The first kappa shape index (κ1) is 40.9. The van der Waals surface area contributed by atoms with Gasteiger partial charge in [-0.15, -0.1) is 0 Å². The lowest BCUT2D eigenvalue weighted by Gasteiger charge is -2.34. The number of rotatable bonds is 12. The van der Waals surface area contributed by atoms with E-state index in [1.807, 2.05) is 36.4 Å². The van der Waals surface area contributed by atoms with Crippen LogP contribution in [-0.2, 0) is 19.0 Å². The maximum atomic E-state index is 12.7. The molecular formula is C41H45F3N10O2S2. The van der Waals surface area contributed by atoms with E-state index in [1.54, 1.807) is 26.6 Å². The van der Waals surface area contributed by atoms with Crippen molar-refractivity contribution >= 4 is 33.3 Å². The number of aromatic nitrogens is 6. The topological polar surface area (TPSA) is 109 Å². The molecule has 8 rings (SSSR count). The molecule has 0 radical (unpaired) electrons. The predicted molar refractivity (Wildman–Crippen MR) is 222 cm³/mol. The van der Waals surface area contributed by atoms with E-state index >= 15 is 0 Å². The van der Waals surface area contributed by atoms with Gasteiger partial charge in [-0.25, -0.2) is 0 Å². The van der Waals surface area contributed by atoms with Crippen LogP contribution in [0.1, 0.15) is 16.8 Å². The maximum absolute atomic E-state index is 12.7. The summed E-state index contributed by atoms with van der Waals surface area (Å²) in [5, 5.41) is 1.79. The summed E-state index contributed by atoms with van der Waals surface area (Å²) in [6, 6.07) is 22.7. The highest BCUT2D eigenvalue weighted by atomic mass is 32.1. The monoisotopic (exact) mass is 830 g/mol. The number of alkyl halides is 3. The third kappa shape index (κ3) is 11.0. The average molecular weight is 831 g/mol. The fraction of sp³-hybridized carbons (Fsp3) is 0.366. The van der Waals surface area contributed by atoms with Gasteiger partial charge in [0, 0.05) is 118 Å². The molecule has 6 aromatic rings. The van der Waals surface area contributed by atoms with Crippen LogP contribution in [0, 0.1) is 0 Å². The van der Waals surface area contributed by atoms with Gasteiger partial charge in [0.05, 0.1) is 14.2 Å². The van der Waals surface area contributed by atoms with E-state index in [4.69, 9.17) is 14.5 Å². The number of benzene rings is 2. The molecule has 12 nitrogen and oxygen atoms in total. The molecule has 2 aliphatic heterocycles. The number of anilines is 2. The van der Waals surface area contributed by atoms with Crippen molar-refractivity contribution in [2.45, 2.75) is 19.0 Å². The molecule has 0 unspecified atom stereocenters. The van der Waals surface area contributed by atoms with Crippen LogP contribution < -0.4 is 19.3 Å². The molecule has 58 heavy (non-hydrogen) atoms. The Morgan fingerprint density at radius 3 is 1.47 bits per heavy atom. The van der Waals surface area contributed by atoms with Crippen LogP contribution in [0.4, 0.5) is 23.4 Å². The van der Waals surface area contributed by atoms with Gasteiger partial charge in [-0.2, -0.15) is 31.9 Å². The lowest BCUT2D eigenvalue weighted by Crippen LogP contribution is -2.47. The zero-order chi connectivity index (χ0) is 40.3. The standard InChI is InChI=1S/C21H22F3N5OS.C20H23N5OS/c1-30-17-5-2-15(3-6-17)8-9-28-10-12-29(13-11-28)20-26-19(27-31-20)16-4-7-18(25-14-16)21(22,23)24;1-26-18-4-2-16(3-5-18)8-11-24-12-14-25(15-13-24)20-22-19(23-27-20)17-6-9-21-10-7-17/h2-7,14H,8-13H2,1H3;2-7,9-10H,8,11-15H2,1H3. The first-order chi connectivity index (χ1) is 28.2. The molecule has 4 aromatic heterocycles. The van der Waals surface area contributed by atoms with Crippen molar-refractivity contribution in [3.63, 3.8) is 0 Å². The fourth-order valence-corrected chi connectivity index (χ4v) is 8.08. The third-order valence-electron chi connectivity index (χ3n) is 10.1. The van der Waals surface area contributed by atoms with Crippen LogP contribution in [0.15, 0.2) is 91.4 Å². The largest absolute Gasteiger partial charge is 0.497 e. The summed E-state index contributed by atoms with van der Waals surface area (Å²) in [5.41, 5.74) is 3.21. The van der Waals surface area contributed by atoms with Crippen molar-refractivity contribution in [2.75, 3.05) is 89.5 Å². The van der Waals surface area contributed by atoms with Crippen LogP contribution in [0.25, 0.3) is 22.8 Å². The minimum Gasteiger partial charge on any atom is -0.497 e. The normalized spacial score (nSPS) is 15.2. The van der Waals surface area contributed by atoms with Crippen LogP contribution in [0.3, 0.4) is 0 Å². The van der Waals surface area contributed by atoms with Gasteiger partial charge in [0.25, 0.3) is 0 Å². The minimum atomic E-state index is -4.45. The predicted octanol–water partition coefficient (Wildman–Crippen LogP) is 6.97. The van der Waals surface area contributed by atoms with Crippen molar-refractivity contribution < 1.29 is 22.6 Å². The van der Waals surface area contributed by atoms with Gasteiger partial charge in [0.15, 0.2) is 11.6 Å². The van der Waals surface area contributed by atoms with E-state index in [-0.39, 0.29) is 0 Å². The summed E-state index contributed by atoms with van der Waals surface area (Å²) in [6.45, 7) is 9.68. The van der Waals surface area contributed by atoms with Crippen molar-refractivity contribution in [2.24, 2.45) is 0 Å². The Labute approximate surface area is 344 Å². The number of hydrogen-bond donors (Lipinski definition) is 0. The molecular weight excluding hydrogens is 786 g/mol. The summed E-state index contributed by atoms with van der Waals surface area (Å²) in [4.78, 5) is 26.2. The molecule has 0 bridgehead atoms. The highest BCUT2D eigenvalue weighted by Crippen LogP contribution is 2.30. The van der Waals surface area contributed by atoms with Crippen LogP contribution in [0.5, 0.6) is 11.5 Å². The molecule has 0 aliphatic carbocycles. The number of hydrogen-bond acceptors (Lipinski definition) is 14. The number of piperazine rings is 2. The van der Waals surface area contributed by atoms with Gasteiger partial charge >= 0.3 is 6.18 Å². The molecule has 2 fully saturated rings. The molecule has 0 amide bonds. The van der Waals surface area contributed by atoms with E-state index in [0.29, 0.717) is 11.4 Å². The summed E-state index contributed by atoms with van der Waals surface area (Å²) in [5.74, 6) is 2.97. The second kappa shape index (κ2) is 19.5. The second-order valence-electron chi connectivity index (χ2n) is 13.8. The third-order valence-corrected chi connectivity index (χ3v) is 11.7. The first-order valence-corrected chi connectivity index (χ1v) is 20.6. The van der Waals surface area contributed by atoms with E-state index in [0.717, 1.165) is 118 Å². The molecule has 304 valence electrons. The zero-order valence-electron chi connectivity index (χ0n) is 32.4. The van der Waals surface area contributed by atoms with E-state index in [2.05, 4.69) is 67.6 Å². The van der Waals surface area contributed by atoms with Crippen LogP contribution >= 0.6 is 23.1 Å². The fourth-order valence-electron chi connectivity index (χ4n) is 6.60. The summed E-state index contributed by atoms with van der Waals surface area (Å²) in [7, 11) is 3.36. The molecule has 0 N–H and O–H groups in total. The Bertz CT molecular complexity index is 2140. The number of halogens is 3. The van der Waals surface area contributed by atoms with Gasteiger partial charge < -0.3 is 19.3 Å². The van der Waals surface area contributed by atoms with Gasteiger partial charge in [-0.3, -0.25) is 19.8 Å². The number of methoxy groups -OCH3 is 2. The highest BCUT2D eigenvalue weighted by Gasteiger charge is 2.32.